The van der Waals surface area contributed by atoms with Crippen LogP contribution in [0.3, 0.4) is 0 Å². The van der Waals surface area contributed by atoms with Crippen LogP contribution in [0.5, 0.6) is 0 Å². The number of rotatable bonds is 3. The van der Waals surface area contributed by atoms with E-state index >= 15 is 0 Å². The molecule has 0 unspecified atom stereocenters. The summed E-state index contributed by atoms with van der Waals surface area (Å²) in [6.07, 6.45) is 5.79. The van der Waals surface area contributed by atoms with Crippen molar-refractivity contribution in [1.29, 1.82) is 0 Å². The average Bonchev–Trinajstić information content (AvgIpc) is 2.74. The number of pyridine rings is 1. The summed E-state index contributed by atoms with van der Waals surface area (Å²) in [4.78, 5) is 20.3. The summed E-state index contributed by atoms with van der Waals surface area (Å²) in [6.45, 7) is 2.01. The van der Waals surface area contributed by atoms with E-state index in [-0.39, 0.29) is 5.78 Å². The molecule has 0 aliphatic carbocycles. The highest BCUT2D eigenvalue weighted by Crippen LogP contribution is 2.11. The summed E-state index contributed by atoms with van der Waals surface area (Å²) >= 11 is 0. The van der Waals surface area contributed by atoms with Crippen molar-refractivity contribution in [3.05, 3.63) is 47.8 Å². The molecule has 0 atom stereocenters. The van der Waals surface area contributed by atoms with Gasteiger partial charge in [-0.25, -0.2) is 4.98 Å². The number of aryl methyl sites for hydroxylation is 2. The fourth-order valence-electron chi connectivity index (χ4n) is 1.62. The van der Waals surface area contributed by atoms with E-state index in [2.05, 4.69) is 9.97 Å². The Bertz CT molecular complexity index is 516. The average molecular weight is 215 g/mol. The molecule has 0 saturated carbocycles. The second kappa shape index (κ2) is 4.26. The normalized spacial score (nSPS) is 10.4. The van der Waals surface area contributed by atoms with Gasteiger partial charge in [0.1, 0.15) is 5.69 Å². The monoisotopic (exact) mass is 215 g/mol. The van der Waals surface area contributed by atoms with E-state index in [4.69, 9.17) is 0 Å². The molecule has 0 saturated heterocycles. The van der Waals surface area contributed by atoms with E-state index in [1.807, 2.05) is 19.1 Å². The predicted molar refractivity (Wildman–Crippen MR) is 60.3 cm³/mol. The lowest BCUT2D eigenvalue weighted by Crippen LogP contribution is -2.12. The van der Waals surface area contributed by atoms with Gasteiger partial charge in [-0.05, 0) is 18.1 Å². The molecule has 4 heteroatoms. The maximum absolute atomic E-state index is 12.2. The zero-order valence-electron chi connectivity index (χ0n) is 9.34. The standard InChI is InChI=1S/C12H13N3O/c1-3-9-5-4-6-13-10(9)11(16)12-14-7-8-15(12)2/h4-8H,3H2,1-2H3. The lowest BCUT2D eigenvalue weighted by Gasteiger charge is -2.04. The van der Waals surface area contributed by atoms with E-state index in [1.54, 1.807) is 30.2 Å². The molecule has 0 spiro atoms. The quantitative estimate of drug-likeness (QED) is 0.731. The van der Waals surface area contributed by atoms with Gasteiger partial charge in [0.2, 0.25) is 5.78 Å². The van der Waals surface area contributed by atoms with Crippen molar-refractivity contribution in [1.82, 2.24) is 14.5 Å². The maximum atomic E-state index is 12.2. The Morgan fingerprint density at radius 3 is 2.81 bits per heavy atom. The summed E-state index contributed by atoms with van der Waals surface area (Å²) < 4.78 is 1.70. The molecule has 4 nitrogen and oxygen atoms in total. The van der Waals surface area contributed by atoms with E-state index in [0.29, 0.717) is 11.5 Å². The molecule has 82 valence electrons. The maximum Gasteiger partial charge on any atom is 0.246 e. The van der Waals surface area contributed by atoms with E-state index in [9.17, 15) is 4.79 Å². The smallest absolute Gasteiger partial charge is 0.246 e. The van der Waals surface area contributed by atoms with Crippen molar-refractivity contribution in [3.63, 3.8) is 0 Å². The number of nitrogens with zero attached hydrogens (tertiary/aromatic N) is 3. The Labute approximate surface area is 94.0 Å². The molecule has 0 aliphatic heterocycles. The SMILES string of the molecule is CCc1cccnc1C(=O)c1nccn1C. The third-order valence-corrected chi connectivity index (χ3v) is 2.51. The van der Waals surface area contributed by atoms with Crippen LogP contribution in [0.1, 0.15) is 28.8 Å². The molecule has 0 fully saturated rings. The van der Waals surface area contributed by atoms with Crippen LogP contribution in [0.2, 0.25) is 0 Å². The minimum Gasteiger partial charge on any atom is -0.331 e. The van der Waals surface area contributed by atoms with Crippen molar-refractivity contribution < 1.29 is 4.79 Å². The third kappa shape index (κ3) is 1.74. The van der Waals surface area contributed by atoms with Crippen molar-refractivity contribution in [2.24, 2.45) is 7.05 Å². The number of carbonyl (C=O) groups is 1. The summed E-state index contributed by atoms with van der Waals surface area (Å²) in [6, 6.07) is 3.76. The van der Waals surface area contributed by atoms with Gasteiger partial charge in [-0.2, -0.15) is 0 Å². The summed E-state index contributed by atoms with van der Waals surface area (Å²) in [5.41, 5.74) is 1.45. The van der Waals surface area contributed by atoms with Crippen LogP contribution in [0.25, 0.3) is 0 Å². The van der Waals surface area contributed by atoms with Gasteiger partial charge in [0.25, 0.3) is 0 Å². The first-order chi connectivity index (χ1) is 7.74. The number of hydrogen-bond acceptors (Lipinski definition) is 3. The van der Waals surface area contributed by atoms with Gasteiger partial charge in [-0.1, -0.05) is 13.0 Å². The largest absolute Gasteiger partial charge is 0.331 e. The summed E-state index contributed by atoms with van der Waals surface area (Å²) in [7, 11) is 1.80. The predicted octanol–water partition coefficient (Wildman–Crippen LogP) is 1.61. The van der Waals surface area contributed by atoms with Crippen molar-refractivity contribution in [2.75, 3.05) is 0 Å². The van der Waals surface area contributed by atoms with Gasteiger partial charge in [0, 0.05) is 25.6 Å². The molecular weight excluding hydrogens is 202 g/mol. The van der Waals surface area contributed by atoms with Crippen LogP contribution in [-0.4, -0.2) is 20.3 Å². The number of carbonyl (C=O) groups excluding carboxylic acids is 1. The van der Waals surface area contributed by atoms with Crippen LogP contribution in [-0.2, 0) is 13.5 Å². The van der Waals surface area contributed by atoms with E-state index in [0.717, 1.165) is 12.0 Å². The fourth-order valence-corrected chi connectivity index (χ4v) is 1.62. The van der Waals surface area contributed by atoms with Crippen molar-refractivity contribution >= 4 is 5.78 Å². The van der Waals surface area contributed by atoms with Gasteiger partial charge >= 0.3 is 0 Å². The minimum atomic E-state index is -0.120. The molecule has 0 amide bonds. The molecular formula is C12H13N3O. The van der Waals surface area contributed by atoms with Crippen LogP contribution in [0.4, 0.5) is 0 Å². The number of hydrogen-bond donors (Lipinski definition) is 0. The Morgan fingerprint density at radius 1 is 1.38 bits per heavy atom. The van der Waals surface area contributed by atoms with Crippen LogP contribution < -0.4 is 0 Å². The van der Waals surface area contributed by atoms with Crippen LogP contribution in [0.15, 0.2) is 30.7 Å². The molecule has 2 aromatic rings. The molecule has 0 N–H and O–H groups in total. The van der Waals surface area contributed by atoms with Crippen LogP contribution >= 0.6 is 0 Å². The second-order valence-corrected chi connectivity index (χ2v) is 3.56. The highest BCUT2D eigenvalue weighted by atomic mass is 16.1. The molecule has 2 aromatic heterocycles. The van der Waals surface area contributed by atoms with E-state index in [1.165, 1.54) is 0 Å². The third-order valence-electron chi connectivity index (χ3n) is 2.51. The number of imidazole rings is 1. The second-order valence-electron chi connectivity index (χ2n) is 3.56. The number of ketones is 1. The molecule has 2 heterocycles. The van der Waals surface area contributed by atoms with Gasteiger partial charge < -0.3 is 4.57 Å². The van der Waals surface area contributed by atoms with Gasteiger partial charge in [-0.3, -0.25) is 9.78 Å². The van der Waals surface area contributed by atoms with Crippen LogP contribution in [0, 0.1) is 0 Å². The highest BCUT2D eigenvalue weighted by molar-refractivity contribution is 6.06. The summed E-state index contributed by atoms with van der Waals surface area (Å²) in [5, 5.41) is 0. The molecule has 0 aromatic carbocycles. The Kier molecular flexibility index (Phi) is 2.81. The zero-order valence-corrected chi connectivity index (χ0v) is 9.34. The molecule has 0 bridgehead atoms. The molecule has 2 rings (SSSR count). The van der Waals surface area contributed by atoms with Crippen molar-refractivity contribution in [2.45, 2.75) is 13.3 Å². The first-order valence-corrected chi connectivity index (χ1v) is 5.20. The zero-order chi connectivity index (χ0) is 11.5. The van der Waals surface area contributed by atoms with Crippen molar-refractivity contribution in [3.8, 4) is 0 Å². The highest BCUT2D eigenvalue weighted by Gasteiger charge is 2.17. The lowest BCUT2D eigenvalue weighted by molar-refractivity contribution is 0.102. The van der Waals surface area contributed by atoms with Gasteiger partial charge in [0.05, 0.1) is 0 Å². The molecule has 16 heavy (non-hydrogen) atoms. The Morgan fingerprint density at radius 2 is 2.19 bits per heavy atom. The first kappa shape index (κ1) is 10.5. The number of aromatic nitrogens is 3. The molecule has 0 aliphatic rings. The summed E-state index contributed by atoms with van der Waals surface area (Å²) in [5.74, 6) is 0.304. The van der Waals surface area contributed by atoms with Gasteiger partial charge in [-0.15, -0.1) is 0 Å². The Balaban J connectivity index is 2.46. The Hall–Kier alpha value is -1.97. The topological polar surface area (TPSA) is 47.8 Å². The fraction of sp³-hybridized carbons (Fsp3) is 0.250. The molecule has 0 radical (unpaired) electrons. The minimum absolute atomic E-state index is 0.120. The first-order valence-electron chi connectivity index (χ1n) is 5.20. The van der Waals surface area contributed by atoms with Gasteiger partial charge in [0.15, 0.2) is 5.82 Å². The van der Waals surface area contributed by atoms with E-state index < -0.39 is 0 Å². The lowest BCUT2D eigenvalue weighted by atomic mass is 10.1.